The van der Waals surface area contributed by atoms with Crippen LogP contribution in [-0.2, 0) is 0 Å². The Morgan fingerprint density at radius 1 is 0.947 bits per heavy atom. The summed E-state index contributed by atoms with van der Waals surface area (Å²) in [7, 11) is 0. The van der Waals surface area contributed by atoms with Crippen LogP contribution in [0.4, 0.5) is 0 Å². The Morgan fingerprint density at radius 3 is 2.47 bits per heavy atom. The molecule has 3 aromatic rings. The predicted octanol–water partition coefficient (Wildman–Crippen LogP) is 4.12. The van der Waals surface area contributed by atoms with Gasteiger partial charge in [0.05, 0.1) is 5.52 Å². The second-order valence-electron chi connectivity index (χ2n) is 4.23. The van der Waals surface area contributed by atoms with E-state index >= 15 is 0 Å². The molecule has 2 nitrogen and oxygen atoms in total. The summed E-state index contributed by atoms with van der Waals surface area (Å²) in [5, 5.41) is 1.58. The van der Waals surface area contributed by atoms with Crippen molar-refractivity contribution < 1.29 is 4.79 Å². The Balaban J connectivity index is 2.08. The second kappa shape index (κ2) is 4.82. The van der Waals surface area contributed by atoms with E-state index in [1.807, 2.05) is 36.4 Å². The average Bonchev–Trinajstić information content (AvgIpc) is 2.46. The van der Waals surface area contributed by atoms with Crippen molar-refractivity contribution in [3.63, 3.8) is 0 Å². The monoisotopic (exact) mass is 267 g/mol. The molecule has 2 aromatic carbocycles. The zero-order valence-electron chi connectivity index (χ0n) is 10.0. The van der Waals surface area contributed by atoms with Gasteiger partial charge in [-0.25, -0.2) is 4.98 Å². The highest BCUT2D eigenvalue weighted by molar-refractivity contribution is 6.31. The minimum Gasteiger partial charge on any atom is -0.287 e. The lowest BCUT2D eigenvalue weighted by Gasteiger charge is -2.03. The van der Waals surface area contributed by atoms with E-state index in [1.165, 1.54) is 0 Å². The predicted molar refractivity (Wildman–Crippen MR) is 76.6 cm³/mol. The lowest BCUT2D eigenvalue weighted by Crippen LogP contribution is -2.03. The molecule has 0 fully saturated rings. The van der Waals surface area contributed by atoms with Gasteiger partial charge in [0.15, 0.2) is 0 Å². The third-order valence-corrected chi connectivity index (χ3v) is 3.16. The van der Waals surface area contributed by atoms with E-state index in [-0.39, 0.29) is 5.78 Å². The fourth-order valence-corrected chi connectivity index (χ4v) is 2.12. The van der Waals surface area contributed by atoms with Gasteiger partial charge in [-0.05, 0) is 18.2 Å². The molecule has 0 spiro atoms. The number of carbonyl (C=O) groups excluding carboxylic acids is 1. The molecule has 0 N–H and O–H groups in total. The Kier molecular flexibility index (Phi) is 3.02. The Morgan fingerprint density at radius 2 is 1.68 bits per heavy atom. The molecule has 0 aliphatic heterocycles. The van der Waals surface area contributed by atoms with Gasteiger partial charge in [-0.1, -0.05) is 54.1 Å². The van der Waals surface area contributed by atoms with E-state index in [1.54, 1.807) is 24.3 Å². The first-order valence-corrected chi connectivity index (χ1v) is 6.28. The van der Waals surface area contributed by atoms with Gasteiger partial charge < -0.3 is 0 Å². The number of fused-ring (bicyclic) bond motifs is 1. The molecule has 0 aliphatic carbocycles. The molecule has 0 saturated carbocycles. The van der Waals surface area contributed by atoms with Crippen molar-refractivity contribution in [3.05, 3.63) is 76.9 Å². The zero-order valence-corrected chi connectivity index (χ0v) is 10.8. The summed E-state index contributed by atoms with van der Waals surface area (Å²) in [6, 6.07) is 18.2. The van der Waals surface area contributed by atoms with Gasteiger partial charge in [0.25, 0.3) is 0 Å². The van der Waals surface area contributed by atoms with E-state index in [2.05, 4.69) is 4.98 Å². The number of hydrogen-bond acceptors (Lipinski definition) is 2. The van der Waals surface area contributed by atoms with Crippen LogP contribution in [-0.4, -0.2) is 10.8 Å². The smallest absolute Gasteiger partial charge is 0.211 e. The third-order valence-electron chi connectivity index (χ3n) is 2.92. The summed E-state index contributed by atoms with van der Waals surface area (Å²) in [5.41, 5.74) is 1.80. The molecule has 3 rings (SSSR count). The summed E-state index contributed by atoms with van der Waals surface area (Å²) in [6.45, 7) is 0. The van der Waals surface area contributed by atoms with E-state index in [0.717, 1.165) is 10.9 Å². The molecule has 0 unspecified atom stereocenters. The van der Waals surface area contributed by atoms with Crippen LogP contribution in [0.5, 0.6) is 0 Å². The van der Waals surface area contributed by atoms with Crippen molar-refractivity contribution in [1.29, 1.82) is 0 Å². The number of rotatable bonds is 2. The Labute approximate surface area is 115 Å². The normalized spacial score (nSPS) is 10.6. The highest BCUT2D eigenvalue weighted by Gasteiger charge is 2.10. The topological polar surface area (TPSA) is 30.0 Å². The number of benzene rings is 2. The zero-order chi connectivity index (χ0) is 13.2. The number of halogens is 1. The fraction of sp³-hybridized carbons (Fsp3) is 0. The first kappa shape index (κ1) is 11.9. The van der Waals surface area contributed by atoms with Crippen molar-refractivity contribution in [1.82, 2.24) is 4.98 Å². The summed E-state index contributed by atoms with van der Waals surface area (Å²) in [4.78, 5) is 16.7. The van der Waals surface area contributed by atoms with Crippen molar-refractivity contribution in [2.24, 2.45) is 0 Å². The standard InChI is InChI=1S/C16H10ClNO/c17-13-8-6-11-7-9-14(18-15(11)10-13)16(19)12-4-2-1-3-5-12/h1-10H. The van der Waals surface area contributed by atoms with E-state index in [4.69, 9.17) is 11.6 Å². The molecule has 92 valence electrons. The van der Waals surface area contributed by atoms with Gasteiger partial charge in [0.1, 0.15) is 5.69 Å². The van der Waals surface area contributed by atoms with Gasteiger partial charge in [-0.3, -0.25) is 4.79 Å². The van der Waals surface area contributed by atoms with E-state index in [0.29, 0.717) is 16.3 Å². The maximum atomic E-state index is 12.3. The molecule has 19 heavy (non-hydrogen) atoms. The van der Waals surface area contributed by atoms with Crippen LogP contribution < -0.4 is 0 Å². The van der Waals surface area contributed by atoms with Crippen LogP contribution in [0.2, 0.25) is 5.02 Å². The summed E-state index contributed by atoms with van der Waals surface area (Å²) in [5.74, 6) is -0.0810. The van der Waals surface area contributed by atoms with Gasteiger partial charge >= 0.3 is 0 Å². The molecule has 1 aromatic heterocycles. The maximum absolute atomic E-state index is 12.3. The summed E-state index contributed by atoms with van der Waals surface area (Å²) < 4.78 is 0. The summed E-state index contributed by atoms with van der Waals surface area (Å²) in [6.07, 6.45) is 0. The third kappa shape index (κ3) is 2.35. The second-order valence-corrected chi connectivity index (χ2v) is 4.67. The van der Waals surface area contributed by atoms with Crippen molar-refractivity contribution in [2.75, 3.05) is 0 Å². The highest BCUT2D eigenvalue weighted by atomic mass is 35.5. The molecule has 0 bridgehead atoms. The molecular weight excluding hydrogens is 258 g/mol. The molecule has 0 amide bonds. The first-order chi connectivity index (χ1) is 9.24. The van der Waals surface area contributed by atoms with E-state index in [9.17, 15) is 4.79 Å². The lowest BCUT2D eigenvalue weighted by molar-refractivity contribution is 0.103. The molecule has 0 atom stereocenters. The largest absolute Gasteiger partial charge is 0.287 e. The van der Waals surface area contributed by atoms with Crippen LogP contribution in [0.3, 0.4) is 0 Å². The quantitative estimate of drug-likeness (QED) is 0.654. The van der Waals surface area contributed by atoms with Gasteiger partial charge in [-0.2, -0.15) is 0 Å². The van der Waals surface area contributed by atoms with E-state index < -0.39 is 0 Å². The Hall–Kier alpha value is -2.19. The van der Waals surface area contributed by atoms with Crippen LogP contribution in [0.1, 0.15) is 16.1 Å². The highest BCUT2D eigenvalue weighted by Crippen LogP contribution is 2.19. The molecule has 3 heteroatoms. The molecule has 1 heterocycles. The maximum Gasteiger partial charge on any atom is 0.211 e. The molecule has 0 aliphatic rings. The minimum atomic E-state index is -0.0810. The Bertz CT molecular complexity index is 753. The SMILES string of the molecule is O=C(c1ccccc1)c1ccc2ccc(Cl)cc2n1. The average molecular weight is 268 g/mol. The number of carbonyl (C=O) groups is 1. The van der Waals surface area contributed by atoms with Crippen molar-refractivity contribution >= 4 is 28.3 Å². The molecule has 0 radical (unpaired) electrons. The number of hydrogen-bond donors (Lipinski definition) is 0. The molecule has 0 saturated heterocycles. The van der Waals surface area contributed by atoms with Crippen LogP contribution >= 0.6 is 11.6 Å². The van der Waals surface area contributed by atoms with Gasteiger partial charge in [0.2, 0.25) is 5.78 Å². The number of aromatic nitrogens is 1. The van der Waals surface area contributed by atoms with Crippen LogP contribution in [0, 0.1) is 0 Å². The summed E-state index contributed by atoms with van der Waals surface area (Å²) >= 11 is 5.94. The van der Waals surface area contributed by atoms with Crippen molar-refractivity contribution in [2.45, 2.75) is 0 Å². The lowest BCUT2D eigenvalue weighted by atomic mass is 10.1. The minimum absolute atomic E-state index is 0.0810. The number of ketones is 1. The van der Waals surface area contributed by atoms with Gasteiger partial charge in [0, 0.05) is 16.0 Å². The fourth-order valence-electron chi connectivity index (χ4n) is 1.95. The number of nitrogens with zero attached hydrogens (tertiary/aromatic N) is 1. The van der Waals surface area contributed by atoms with Crippen LogP contribution in [0.15, 0.2) is 60.7 Å². The molecular formula is C16H10ClNO. The van der Waals surface area contributed by atoms with Gasteiger partial charge in [-0.15, -0.1) is 0 Å². The number of pyridine rings is 1. The van der Waals surface area contributed by atoms with Crippen LogP contribution in [0.25, 0.3) is 10.9 Å². The van der Waals surface area contributed by atoms with Crippen molar-refractivity contribution in [3.8, 4) is 0 Å². The first-order valence-electron chi connectivity index (χ1n) is 5.90.